The number of rotatable bonds is 2. The molecule has 0 spiro atoms. The van der Waals surface area contributed by atoms with Crippen molar-refractivity contribution >= 4 is 5.97 Å². The zero-order valence-electron chi connectivity index (χ0n) is 7.65. The Morgan fingerprint density at radius 2 is 1.92 bits per heavy atom. The second kappa shape index (κ2) is 3.29. The SMILES string of the molecule is O=C(O)C1CC2CCC1CC2CO. The summed E-state index contributed by atoms with van der Waals surface area (Å²) < 4.78 is 0. The highest BCUT2D eigenvalue weighted by molar-refractivity contribution is 5.70. The molecular formula is C10H16O3. The highest BCUT2D eigenvalue weighted by Crippen LogP contribution is 2.48. The first-order valence-corrected chi connectivity index (χ1v) is 5.06. The van der Waals surface area contributed by atoms with E-state index in [0.29, 0.717) is 17.8 Å². The van der Waals surface area contributed by atoms with Crippen LogP contribution in [0.15, 0.2) is 0 Å². The summed E-state index contributed by atoms with van der Waals surface area (Å²) in [6, 6.07) is 0. The predicted molar refractivity (Wildman–Crippen MR) is 47.1 cm³/mol. The van der Waals surface area contributed by atoms with Crippen LogP contribution in [-0.4, -0.2) is 22.8 Å². The number of carboxylic acid groups (broad SMARTS) is 1. The van der Waals surface area contributed by atoms with E-state index in [1.807, 2.05) is 0 Å². The van der Waals surface area contributed by atoms with Gasteiger partial charge in [0.05, 0.1) is 5.92 Å². The van der Waals surface area contributed by atoms with Gasteiger partial charge in [0.1, 0.15) is 0 Å². The number of hydrogen-bond acceptors (Lipinski definition) is 2. The molecule has 0 radical (unpaired) electrons. The van der Waals surface area contributed by atoms with E-state index in [0.717, 1.165) is 25.7 Å². The van der Waals surface area contributed by atoms with Gasteiger partial charge in [-0.05, 0) is 43.4 Å². The van der Waals surface area contributed by atoms with Crippen LogP contribution in [0.3, 0.4) is 0 Å². The monoisotopic (exact) mass is 184 g/mol. The third-order valence-electron chi connectivity index (χ3n) is 3.86. The standard InChI is InChI=1S/C10H16O3/c11-5-8-3-7-2-1-6(8)4-9(7)10(12)13/h6-9,11H,1-5H2,(H,12,13). The van der Waals surface area contributed by atoms with Crippen molar-refractivity contribution in [1.82, 2.24) is 0 Å². The van der Waals surface area contributed by atoms with Crippen molar-refractivity contribution in [2.75, 3.05) is 6.61 Å². The van der Waals surface area contributed by atoms with Gasteiger partial charge >= 0.3 is 5.97 Å². The van der Waals surface area contributed by atoms with Gasteiger partial charge in [-0.15, -0.1) is 0 Å². The number of carboxylic acids is 1. The van der Waals surface area contributed by atoms with Crippen molar-refractivity contribution in [3.63, 3.8) is 0 Å². The van der Waals surface area contributed by atoms with Gasteiger partial charge in [-0.3, -0.25) is 4.79 Å². The summed E-state index contributed by atoms with van der Waals surface area (Å²) in [5, 5.41) is 18.0. The first kappa shape index (κ1) is 9.00. The number of fused-ring (bicyclic) bond motifs is 3. The lowest BCUT2D eigenvalue weighted by atomic mass is 9.60. The number of aliphatic carboxylic acids is 1. The molecule has 4 unspecified atom stereocenters. The zero-order valence-corrected chi connectivity index (χ0v) is 7.65. The van der Waals surface area contributed by atoms with Gasteiger partial charge < -0.3 is 10.2 Å². The van der Waals surface area contributed by atoms with Crippen LogP contribution in [0.2, 0.25) is 0 Å². The molecule has 0 aromatic carbocycles. The van der Waals surface area contributed by atoms with Crippen molar-refractivity contribution in [3.05, 3.63) is 0 Å². The summed E-state index contributed by atoms with van der Waals surface area (Å²) in [5.74, 6) is 0.428. The molecule has 0 amide bonds. The zero-order chi connectivity index (χ0) is 9.42. The largest absolute Gasteiger partial charge is 0.481 e. The van der Waals surface area contributed by atoms with Crippen LogP contribution in [0.25, 0.3) is 0 Å². The molecule has 3 fully saturated rings. The summed E-state index contributed by atoms with van der Waals surface area (Å²) >= 11 is 0. The Balaban J connectivity index is 2.07. The lowest BCUT2D eigenvalue weighted by molar-refractivity contribution is -0.149. The fraction of sp³-hybridized carbons (Fsp3) is 0.900. The van der Waals surface area contributed by atoms with Gasteiger partial charge in [-0.25, -0.2) is 0 Å². The molecule has 13 heavy (non-hydrogen) atoms. The molecule has 0 aromatic heterocycles. The van der Waals surface area contributed by atoms with Crippen LogP contribution < -0.4 is 0 Å². The highest BCUT2D eigenvalue weighted by Gasteiger charge is 2.44. The van der Waals surface area contributed by atoms with Gasteiger partial charge in [0.2, 0.25) is 0 Å². The van der Waals surface area contributed by atoms with E-state index in [1.165, 1.54) is 0 Å². The smallest absolute Gasteiger partial charge is 0.306 e. The van der Waals surface area contributed by atoms with E-state index in [4.69, 9.17) is 10.2 Å². The van der Waals surface area contributed by atoms with Crippen LogP contribution in [-0.2, 0) is 4.79 Å². The highest BCUT2D eigenvalue weighted by atomic mass is 16.4. The van der Waals surface area contributed by atoms with E-state index >= 15 is 0 Å². The number of hydrogen-bond donors (Lipinski definition) is 2. The maximum atomic E-state index is 10.9. The normalized spacial score (nSPS) is 43.5. The Kier molecular flexibility index (Phi) is 2.28. The molecule has 3 rings (SSSR count). The minimum atomic E-state index is -0.633. The fourth-order valence-corrected chi connectivity index (χ4v) is 3.08. The van der Waals surface area contributed by atoms with Crippen LogP contribution in [0.5, 0.6) is 0 Å². The van der Waals surface area contributed by atoms with Crippen LogP contribution in [0.4, 0.5) is 0 Å². The fourth-order valence-electron chi connectivity index (χ4n) is 3.08. The molecule has 3 nitrogen and oxygen atoms in total. The van der Waals surface area contributed by atoms with Gasteiger partial charge in [0.15, 0.2) is 0 Å². The Morgan fingerprint density at radius 1 is 1.23 bits per heavy atom. The Labute approximate surface area is 77.8 Å². The average molecular weight is 184 g/mol. The molecule has 3 heteroatoms. The van der Waals surface area contributed by atoms with E-state index in [-0.39, 0.29) is 12.5 Å². The minimum absolute atomic E-state index is 0.124. The molecule has 4 atom stereocenters. The molecule has 2 bridgehead atoms. The molecule has 2 N–H and O–H groups in total. The van der Waals surface area contributed by atoms with Gasteiger partial charge in [0.25, 0.3) is 0 Å². The molecule has 3 aliphatic rings. The summed E-state index contributed by atoms with van der Waals surface area (Å²) in [7, 11) is 0. The third-order valence-corrected chi connectivity index (χ3v) is 3.86. The summed E-state index contributed by atoms with van der Waals surface area (Å²) in [4.78, 5) is 10.9. The lowest BCUT2D eigenvalue weighted by Gasteiger charge is -2.45. The second-order valence-corrected chi connectivity index (χ2v) is 4.46. The maximum absolute atomic E-state index is 10.9. The van der Waals surface area contributed by atoms with Crippen LogP contribution >= 0.6 is 0 Å². The molecular weight excluding hydrogens is 168 g/mol. The molecule has 3 saturated carbocycles. The van der Waals surface area contributed by atoms with Crippen molar-refractivity contribution in [2.45, 2.75) is 25.7 Å². The van der Waals surface area contributed by atoms with E-state index in [1.54, 1.807) is 0 Å². The topological polar surface area (TPSA) is 57.5 Å². The summed E-state index contributed by atoms with van der Waals surface area (Å²) in [6.45, 7) is 0.244. The van der Waals surface area contributed by atoms with Crippen molar-refractivity contribution < 1.29 is 15.0 Å². The van der Waals surface area contributed by atoms with E-state index < -0.39 is 5.97 Å². The summed E-state index contributed by atoms with van der Waals surface area (Å²) in [6.07, 6.45) is 3.90. The van der Waals surface area contributed by atoms with Gasteiger partial charge in [-0.2, -0.15) is 0 Å². The average Bonchev–Trinajstić information content (AvgIpc) is 2.18. The van der Waals surface area contributed by atoms with E-state index in [2.05, 4.69) is 0 Å². The number of aliphatic hydroxyl groups excluding tert-OH is 1. The molecule has 0 heterocycles. The van der Waals surface area contributed by atoms with Crippen LogP contribution in [0, 0.1) is 23.7 Å². The summed E-state index contributed by atoms with van der Waals surface area (Å²) in [5.41, 5.74) is 0. The first-order valence-electron chi connectivity index (χ1n) is 5.06. The molecule has 3 aliphatic carbocycles. The van der Waals surface area contributed by atoms with E-state index in [9.17, 15) is 4.79 Å². The molecule has 74 valence electrons. The molecule has 0 aromatic rings. The van der Waals surface area contributed by atoms with Crippen molar-refractivity contribution in [2.24, 2.45) is 23.7 Å². The number of aliphatic hydroxyl groups is 1. The lowest BCUT2D eigenvalue weighted by Crippen LogP contribution is -2.42. The Morgan fingerprint density at radius 3 is 2.38 bits per heavy atom. The Bertz CT molecular complexity index is 214. The minimum Gasteiger partial charge on any atom is -0.481 e. The quantitative estimate of drug-likeness (QED) is 0.676. The van der Waals surface area contributed by atoms with Crippen molar-refractivity contribution in [3.8, 4) is 0 Å². The first-order chi connectivity index (χ1) is 6.22. The van der Waals surface area contributed by atoms with Crippen molar-refractivity contribution in [1.29, 1.82) is 0 Å². The second-order valence-electron chi connectivity index (χ2n) is 4.46. The van der Waals surface area contributed by atoms with Gasteiger partial charge in [-0.1, -0.05) is 0 Å². The number of carbonyl (C=O) groups is 1. The van der Waals surface area contributed by atoms with Gasteiger partial charge in [0, 0.05) is 6.61 Å². The predicted octanol–water partition coefficient (Wildman–Crippen LogP) is 1.12. The Hall–Kier alpha value is -0.570. The molecule has 0 saturated heterocycles. The maximum Gasteiger partial charge on any atom is 0.306 e. The third kappa shape index (κ3) is 1.46. The molecule has 0 aliphatic heterocycles. The van der Waals surface area contributed by atoms with Crippen LogP contribution in [0.1, 0.15) is 25.7 Å².